The number of hydrogen-bond donors (Lipinski definition) is 2. The monoisotopic (exact) mass is 240 g/mol. The molecule has 0 bridgehead atoms. The molecule has 0 radical (unpaired) electrons. The van der Waals surface area contributed by atoms with Crippen LogP contribution < -0.4 is 5.73 Å². The van der Waals surface area contributed by atoms with E-state index in [9.17, 15) is 0 Å². The Bertz CT molecular complexity index is 221. The molecule has 100 valence electrons. The normalized spacial score (nSPS) is 20.4. The van der Waals surface area contributed by atoms with Crippen LogP contribution in [0.3, 0.4) is 0 Å². The van der Waals surface area contributed by atoms with Gasteiger partial charge in [0, 0.05) is 38.6 Å². The first-order chi connectivity index (χ1) is 8.13. The summed E-state index contributed by atoms with van der Waals surface area (Å²) in [6, 6.07) is 0.731. The molecule has 1 saturated heterocycles. The third-order valence-corrected chi connectivity index (χ3v) is 3.79. The van der Waals surface area contributed by atoms with Crippen molar-refractivity contribution in [3.05, 3.63) is 0 Å². The molecule has 0 amide bonds. The van der Waals surface area contributed by atoms with Crippen LogP contribution in [-0.2, 0) is 0 Å². The zero-order valence-electron chi connectivity index (χ0n) is 11.4. The van der Waals surface area contributed by atoms with Crippen LogP contribution in [0.4, 0.5) is 0 Å². The lowest BCUT2D eigenvalue weighted by Crippen LogP contribution is -2.49. The first-order valence-electron chi connectivity index (χ1n) is 6.92. The van der Waals surface area contributed by atoms with Gasteiger partial charge in [-0.1, -0.05) is 6.92 Å². The minimum atomic E-state index is 0.326. The second-order valence-electron chi connectivity index (χ2n) is 5.12. The first-order valence-corrected chi connectivity index (χ1v) is 6.92. The van der Waals surface area contributed by atoms with Crippen molar-refractivity contribution in [1.29, 1.82) is 5.41 Å². The predicted octanol–water partition coefficient (Wildman–Crippen LogP) is 1.51. The van der Waals surface area contributed by atoms with E-state index in [0.717, 1.165) is 18.9 Å². The van der Waals surface area contributed by atoms with E-state index in [2.05, 4.69) is 23.6 Å². The van der Waals surface area contributed by atoms with Crippen LogP contribution in [0, 0.1) is 5.41 Å². The molecular formula is C13H28N4. The molecule has 0 aromatic carbocycles. The van der Waals surface area contributed by atoms with Gasteiger partial charge in [0.1, 0.15) is 0 Å². The van der Waals surface area contributed by atoms with Crippen molar-refractivity contribution in [3.63, 3.8) is 0 Å². The summed E-state index contributed by atoms with van der Waals surface area (Å²) in [5, 5.41) is 7.17. The number of nitrogens with one attached hydrogen (secondary N) is 1. The van der Waals surface area contributed by atoms with Crippen LogP contribution >= 0.6 is 0 Å². The van der Waals surface area contributed by atoms with E-state index in [4.69, 9.17) is 11.1 Å². The summed E-state index contributed by atoms with van der Waals surface area (Å²) in [6.45, 7) is 10.6. The number of hydrogen-bond acceptors (Lipinski definition) is 3. The molecule has 0 aromatic rings. The Morgan fingerprint density at radius 3 is 2.41 bits per heavy atom. The number of piperazine rings is 1. The summed E-state index contributed by atoms with van der Waals surface area (Å²) in [5.41, 5.74) is 5.34. The number of rotatable bonds is 7. The molecule has 1 rings (SSSR count). The summed E-state index contributed by atoms with van der Waals surface area (Å²) >= 11 is 0. The van der Waals surface area contributed by atoms with Gasteiger partial charge < -0.3 is 10.6 Å². The SMILES string of the molecule is CCC(C)N1CCN(CCCCC(=N)N)CC1. The predicted molar refractivity (Wildman–Crippen MR) is 73.5 cm³/mol. The topological polar surface area (TPSA) is 56.4 Å². The van der Waals surface area contributed by atoms with Crippen molar-refractivity contribution in [2.45, 2.75) is 45.6 Å². The van der Waals surface area contributed by atoms with Crippen LogP contribution in [0.25, 0.3) is 0 Å². The Hall–Kier alpha value is -0.610. The summed E-state index contributed by atoms with van der Waals surface area (Å²) in [4.78, 5) is 5.13. The Morgan fingerprint density at radius 1 is 1.24 bits per heavy atom. The molecular weight excluding hydrogens is 212 g/mol. The highest BCUT2D eigenvalue weighted by atomic mass is 15.3. The first kappa shape index (κ1) is 14.5. The number of nitrogens with zero attached hydrogens (tertiary/aromatic N) is 2. The molecule has 4 nitrogen and oxygen atoms in total. The zero-order chi connectivity index (χ0) is 12.7. The van der Waals surface area contributed by atoms with Gasteiger partial charge in [0.2, 0.25) is 0 Å². The van der Waals surface area contributed by atoms with E-state index in [1.807, 2.05) is 0 Å². The second-order valence-corrected chi connectivity index (χ2v) is 5.12. The van der Waals surface area contributed by atoms with Crippen LogP contribution in [-0.4, -0.2) is 54.4 Å². The van der Waals surface area contributed by atoms with Crippen molar-refractivity contribution in [2.24, 2.45) is 5.73 Å². The van der Waals surface area contributed by atoms with Gasteiger partial charge in [0.15, 0.2) is 0 Å². The van der Waals surface area contributed by atoms with E-state index in [1.165, 1.54) is 45.6 Å². The van der Waals surface area contributed by atoms with Gasteiger partial charge in [0.05, 0.1) is 5.84 Å². The average Bonchev–Trinajstić information content (AvgIpc) is 2.34. The molecule has 1 aliphatic heterocycles. The molecule has 0 saturated carbocycles. The molecule has 0 spiro atoms. The minimum absolute atomic E-state index is 0.326. The van der Waals surface area contributed by atoms with Crippen molar-refractivity contribution in [3.8, 4) is 0 Å². The third kappa shape index (κ3) is 5.50. The van der Waals surface area contributed by atoms with Crippen LogP contribution in [0.5, 0.6) is 0 Å². The smallest absolute Gasteiger partial charge is 0.0905 e. The molecule has 17 heavy (non-hydrogen) atoms. The number of amidine groups is 1. The average molecular weight is 240 g/mol. The van der Waals surface area contributed by atoms with E-state index in [0.29, 0.717) is 5.84 Å². The van der Waals surface area contributed by atoms with Gasteiger partial charge in [-0.2, -0.15) is 0 Å². The molecule has 1 heterocycles. The van der Waals surface area contributed by atoms with Gasteiger partial charge in [-0.25, -0.2) is 0 Å². The maximum absolute atomic E-state index is 7.17. The van der Waals surface area contributed by atoms with Crippen LogP contribution in [0.15, 0.2) is 0 Å². The van der Waals surface area contributed by atoms with Crippen molar-refractivity contribution < 1.29 is 0 Å². The lowest BCUT2D eigenvalue weighted by Gasteiger charge is -2.37. The summed E-state index contributed by atoms with van der Waals surface area (Å²) < 4.78 is 0. The Balaban J connectivity index is 2.08. The van der Waals surface area contributed by atoms with E-state index in [1.54, 1.807) is 0 Å². The fourth-order valence-electron chi connectivity index (χ4n) is 2.34. The Kier molecular flexibility index (Phi) is 6.52. The highest BCUT2D eigenvalue weighted by Crippen LogP contribution is 2.09. The lowest BCUT2D eigenvalue weighted by atomic mass is 10.1. The molecule has 1 fully saturated rings. The Morgan fingerprint density at radius 2 is 1.88 bits per heavy atom. The maximum Gasteiger partial charge on any atom is 0.0905 e. The zero-order valence-corrected chi connectivity index (χ0v) is 11.4. The second kappa shape index (κ2) is 7.67. The van der Waals surface area contributed by atoms with Gasteiger partial charge >= 0.3 is 0 Å². The van der Waals surface area contributed by atoms with Crippen molar-refractivity contribution in [2.75, 3.05) is 32.7 Å². The molecule has 1 atom stereocenters. The maximum atomic E-state index is 7.17. The van der Waals surface area contributed by atoms with Gasteiger partial charge in [-0.05, 0) is 32.7 Å². The fourth-order valence-corrected chi connectivity index (χ4v) is 2.34. The van der Waals surface area contributed by atoms with Gasteiger partial charge in [-0.15, -0.1) is 0 Å². The molecule has 0 aliphatic carbocycles. The molecule has 4 heteroatoms. The molecule has 0 aromatic heterocycles. The third-order valence-electron chi connectivity index (χ3n) is 3.79. The molecule has 1 unspecified atom stereocenters. The standard InChI is InChI=1S/C13H28N4/c1-3-12(2)17-10-8-16(9-11-17)7-5-4-6-13(14)15/h12H,3-11H2,1-2H3,(H3,14,15). The summed E-state index contributed by atoms with van der Waals surface area (Å²) in [6.07, 6.45) is 4.23. The quantitative estimate of drug-likeness (QED) is 0.403. The van der Waals surface area contributed by atoms with Crippen LogP contribution in [0.2, 0.25) is 0 Å². The van der Waals surface area contributed by atoms with Gasteiger partial charge in [0.25, 0.3) is 0 Å². The molecule has 1 aliphatic rings. The molecule has 3 N–H and O–H groups in total. The van der Waals surface area contributed by atoms with E-state index in [-0.39, 0.29) is 0 Å². The number of unbranched alkanes of at least 4 members (excludes halogenated alkanes) is 1. The van der Waals surface area contributed by atoms with Crippen LogP contribution in [0.1, 0.15) is 39.5 Å². The lowest BCUT2D eigenvalue weighted by molar-refractivity contribution is 0.0997. The van der Waals surface area contributed by atoms with Crippen molar-refractivity contribution >= 4 is 5.84 Å². The van der Waals surface area contributed by atoms with E-state index < -0.39 is 0 Å². The Labute approximate surface area is 106 Å². The largest absolute Gasteiger partial charge is 0.388 e. The minimum Gasteiger partial charge on any atom is -0.388 e. The fraction of sp³-hybridized carbons (Fsp3) is 0.923. The summed E-state index contributed by atoms with van der Waals surface area (Å²) in [5.74, 6) is 0.326. The summed E-state index contributed by atoms with van der Waals surface area (Å²) in [7, 11) is 0. The highest BCUT2D eigenvalue weighted by Gasteiger charge is 2.19. The van der Waals surface area contributed by atoms with Crippen molar-refractivity contribution in [1.82, 2.24) is 9.80 Å². The van der Waals surface area contributed by atoms with E-state index >= 15 is 0 Å². The number of nitrogens with two attached hydrogens (primary N) is 1. The highest BCUT2D eigenvalue weighted by molar-refractivity contribution is 5.76. The van der Waals surface area contributed by atoms with Gasteiger partial charge in [-0.3, -0.25) is 10.3 Å².